The molecule has 0 unspecified atom stereocenters. The number of hydrogen-bond acceptors (Lipinski definition) is 5. The summed E-state index contributed by atoms with van der Waals surface area (Å²) in [4.78, 5) is 8.53. The maximum atomic E-state index is 8.95. The molecule has 5 nitrogen and oxygen atoms in total. The van der Waals surface area contributed by atoms with Crippen LogP contribution in [0.5, 0.6) is 11.6 Å². The minimum atomic E-state index is 0.418. The summed E-state index contributed by atoms with van der Waals surface area (Å²) in [5.74, 6) is 2.10. The van der Waals surface area contributed by atoms with Crippen molar-refractivity contribution < 1.29 is 4.74 Å². The Hall–Kier alpha value is -2.61. The van der Waals surface area contributed by atoms with Crippen LogP contribution in [0.2, 0.25) is 0 Å². The third kappa shape index (κ3) is 2.69. The van der Waals surface area contributed by atoms with E-state index in [2.05, 4.69) is 16.0 Å². The largest absolute Gasteiger partial charge is 0.438 e. The Morgan fingerprint density at radius 1 is 1.30 bits per heavy atom. The van der Waals surface area contributed by atoms with Gasteiger partial charge in [-0.15, -0.1) is 0 Å². The number of nitriles is 1. The van der Waals surface area contributed by atoms with Crippen molar-refractivity contribution in [1.29, 1.82) is 5.26 Å². The molecule has 0 aliphatic rings. The molecule has 1 aromatic carbocycles. The van der Waals surface area contributed by atoms with Gasteiger partial charge in [0.25, 0.3) is 0 Å². The van der Waals surface area contributed by atoms with E-state index in [0.717, 1.165) is 5.56 Å². The fraction of sp³-hybridized carbons (Fsp3) is 0.267. The number of nitrogen functional groups attached to an aromatic ring is 1. The Labute approximate surface area is 118 Å². The van der Waals surface area contributed by atoms with Crippen LogP contribution in [0.1, 0.15) is 29.4 Å². The van der Waals surface area contributed by atoms with E-state index in [4.69, 9.17) is 15.7 Å². The number of nitrogens with two attached hydrogens (primary N) is 1. The number of aryl methyl sites for hydroxylation is 2. The van der Waals surface area contributed by atoms with Crippen LogP contribution in [-0.4, -0.2) is 9.97 Å². The molecular formula is C15H16N4O. The molecule has 2 N–H and O–H groups in total. The average molecular weight is 268 g/mol. The molecule has 0 radical (unpaired) electrons. The third-order valence-corrected chi connectivity index (χ3v) is 3.03. The second kappa shape index (κ2) is 5.57. The van der Waals surface area contributed by atoms with Gasteiger partial charge >= 0.3 is 0 Å². The van der Waals surface area contributed by atoms with Gasteiger partial charge in [-0.1, -0.05) is 13.0 Å². The molecule has 0 spiro atoms. The molecule has 2 aromatic rings. The molecule has 1 aromatic heterocycles. The Bertz CT molecular complexity index is 689. The lowest BCUT2D eigenvalue weighted by molar-refractivity contribution is 0.452. The quantitative estimate of drug-likeness (QED) is 0.925. The van der Waals surface area contributed by atoms with Crippen LogP contribution >= 0.6 is 0 Å². The molecule has 0 saturated carbocycles. The van der Waals surface area contributed by atoms with Crippen LogP contribution in [0.3, 0.4) is 0 Å². The monoisotopic (exact) mass is 268 g/mol. The molecule has 5 heteroatoms. The van der Waals surface area contributed by atoms with Gasteiger partial charge in [-0.25, -0.2) is 4.98 Å². The van der Waals surface area contributed by atoms with Crippen LogP contribution in [0, 0.1) is 25.2 Å². The number of aromatic nitrogens is 2. The van der Waals surface area contributed by atoms with E-state index in [1.807, 2.05) is 26.8 Å². The first-order chi connectivity index (χ1) is 9.55. The van der Waals surface area contributed by atoms with Gasteiger partial charge < -0.3 is 10.5 Å². The summed E-state index contributed by atoms with van der Waals surface area (Å²) in [6.07, 6.45) is 0.679. The summed E-state index contributed by atoms with van der Waals surface area (Å²) in [5.41, 5.74) is 8.03. The number of rotatable bonds is 3. The van der Waals surface area contributed by atoms with Crippen molar-refractivity contribution in [3.8, 4) is 17.7 Å². The van der Waals surface area contributed by atoms with Gasteiger partial charge in [0.2, 0.25) is 5.88 Å². The lowest BCUT2D eigenvalue weighted by atomic mass is 10.1. The van der Waals surface area contributed by atoms with Crippen LogP contribution in [0.25, 0.3) is 0 Å². The summed E-state index contributed by atoms with van der Waals surface area (Å²) in [6.45, 7) is 5.68. The summed E-state index contributed by atoms with van der Waals surface area (Å²) in [6, 6.07) is 7.38. The van der Waals surface area contributed by atoms with Gasteiger partial charge in [0, 0.05) is 6.42 Å². The molecule has 0 atom stereocenters. The van der Waals surface area contributed by atoms with Crippen molar-refractivity contribution in [2.45, 2.75) is 27.2 Å². The van der Waals surface area contributed by atoms with Crippen molar-refractivity contribution in [2.24, 2.45) is 0 Å². The Morgan fingerprint density at radius 2 is 2.05 bits per heavy atom. The molecule has 0 aliphatic carbocycles. The highest BCUT2D eigenvalue weighted by atomic mass is 16.5. The first-order valence-electron chi connectivity index (χ1n) is 6.36. The molecule has 0 bridgehead atoms. The van der Waals surface area contributed by atoms with Crippen LogP contribution in [0.15, 0.2) is 18.2 Å². The maximum absolute atomic E-state index is 8.95. The van der Waals surface area contributed by atoms with Gasteiger partial charge in [0.1, 0.15) is 17.4 Å². The van der Waals surface area contributed by atoms with Gasteiger partial charge in [-0.2, -0.15) is 10.2 Å². The van der Waals surface area contributed by atoms with Gasteiger partial charge in [0.15, 0.2) is 0 Å². The van der Waals surface area contributed by atoms with Crippen molar-refractivity contribution in [1.82, 2.24) is 9.97 Å². The Morgan fingerprint density at radius 3 is 2.70 bits per heavy atom. The van der Waals surface area contributed by atoms with Gasteiger partial charge in [0.05, 0.1) is 17.2 Å². The van der Waals surface area contributed by atoms with Crippen molar-refractivity contribution >= 4 is 5.82 Å². The van der Waals surface area contributed by atoms with Crippen LogP contribution in [0.4, 0.5) is 5.82 Å². The molecule has 0 fully saturated rings. The number of hydrogen-bond donors (Lipinski definition) is 1. The maximum Gasteiger partial charge on any atom is 0.227 e. The smallest absolute Gasteiger partial charge is 0.227 e. The zero-order valence-electron chi connectivity index (χ0n) is 11.8. The van der Waals surface area contributed by atoms with Crippen molar-refractivity contribution in [3.05, 3.63) is 40.7 Å². The van der Waals surface area contributed by atoms with E-state index in [9.17, 15) is 0 Å². The van der Waals surface area contributed by atoms with Crippen molar-refractivity contribution in [2.75, 3.05) is 5.73 Å². The number of nitrogens with zero attached hydrogens (tertiary/aromatic N) is 3. The standard InChI is InChI=1S/C15H16N4O/c1-4-13-18-14(17)10(3)15(19-13)20-12-7-11(8-16)6-5-9(12)2/h5-7H,4H2,1-3H3,(H2,17,18,19). The molecule has 2 rings (SSSR count). The number of ether oxygens (including phenoxy) is 1. The molecule has 1 heterocycles. The van der Waals surface area contributed by atoms with Crippen LogP contribution < -0.4 is 10.5 Å². The topological polar surface area (TPSA) is 84.8 Å². The lowest BCUT2D eigenvalue weighted by Gasteiger charge is -2.12. The number of benzene rings is 1. The molecule has 20 heavy (non-hydrogen) atoms. The van der Waals surface area contributed by atoms with Crippen LogP contribution in [-0.2, 0) is 6.42 Å². The van der Waals surface area contributed by atoms with E-state index in [-0.39, 0.29) is 0 Å². The fourth-order valence-electron chi connectivity index (χ4n) is 1.70. The average Bonchev–Trinajstić information content (AvgIpc) is 2.45. The normalized spacial score (nSPS) is 10.1. The minimum Gasteiger partial charge on any atom is -0.438 e. The molecule has 0 aliphatic heterocycles. The third-order valence-electron chi connectivity index (χ3n) is 3.03. The minimum absolute atomic E-state index is 0.418. The SMILES string of the molecule is CCc1nc(N)c(C)c(Oc2cc(C#N)ccc2C)n1. The fourth-order valence-corrected chi connectivity index (χ4v) is 1.70. The van der Waals surface area contributed by atoms with E-state index >= 15 is 0 Å². The number of anilines is 1. The highest BCUT2D eigenvalue weighted by Gasteiger charge is 2.11. The second-order valence-corrected chi connectivity index (χ2v) is 4.50. The lowest BCUT2D eigenvalue weighted by Crippen LogP contribution is -2.04. The van der Waals surface area contributed by atoms with E-state index in [1.165, 1.54) is 0 Å². The van der Waals surface area contributed by atoms with Gasteiger partial charge in [-0.05, 0) is 31.5 Å². The summed E-state index contributed by atoms with van der Waals surface area (Å²) >= 11 is 0. The Balaban J connectivity index is 2.44. The highest BCUT2D eigenvalue weighted by molar-refractivity contribution is 5.48. The zero-order valence-corrected chi connectivity index (χ0v) is 11.8. The van der Waals surface area contributed by atoms with Gasteiger partial charge in [-0.3, -0.25) is 0 Å². The molecule has 0 saturated heterocycles. The van der Waals surface area contributed by atoms with E-state index < -0.39 is 0 Å². The van der Waals surface area contributed by atoms with E-state index in [0.29, 0.717) is 40.8 Å². The summed E-state index contributed by atoms with van der Waals surface area (Å²) in [5, 5.41) is 8.95. The predicted octanol–water partition coefficient (Wildman–Crippen LogP) is 2.90. The summed E-state index contributed by atoms with van der Waals surface area (Å²) < 4.78 is 5.82. The zero-order chi connectivity index (χ0) is 14.7. The molecule has 102 valence electrons. The second-order valence-electron chi connectivity index (χ2n) is 4.50. The first-order valence-corrected chi connectivity index (χ1v) is 6.36. The van der Waals surface area contributed by atoms with E-state index in [1.54, 1.807) is 12.1 Å². The predicted molar refractivity (Wildman–Crippen MR) is 76.5 cm³/mol. The molecule has 0 amide bonds. The molecular weight excluding hydrogens is 252 g/mol. The summed E-state index contributed by atoms with van der Waals surface area (Å²) in [7, 11) is 0. The van der Waals surface area contributed by atoms with Crippen molar-refractivity contribution in [3.63, 3.8) is 0 Å². The first kappa shape index (κ1) is 13.8. The Kier molecular flexibility index (Phi) is 3.85. The highest BCUT2D eigenvalue weighted by Crippen LogP contribution is 2.28.